The molecule has 2 heteroatoms. The van der Waals surface area contributed by atoms with E-state index in [9.17, 15) is 5.11 Å². The van der Waals surface area contributed by atoms with E-state index in [0.29, 0.717) is 5.75 Å². The van der Waals surface area contributed by atoms with Crippen LogP contribution in [0.4, 0.5) is 0 Å². The van der Waals surface area contributed by atoms with Crippen molar-refractivity contribution in [3.63, 3.8) is 0 Å². The predicted octanol–water partition coefficient (Wildman–Crippen LogP) is 8.29. The van der Waals surface area contributed by atoms with Gasteiger partial charge < -0.3 is 9.84 Å². The first-order valence-corrected chi connectivity index (χ1v) is 11.6. The molecule has 30 heavy (non-hydrogen) atoms. The third kappa shape index (κ3) is 7.07. The summed E-state index contributed by atoms with van der Waals surface area (Å²) in [6.07, 6.45) is 15.8. The number of hydrogen-bond donors (Lipinski definition) is 1. The highest BCUT2D eigenvalue weighted by molar-refractivity contribution is 5.53. The second-order valence-corrected chi connectivity index (χ2v) is 9.70. The van der Waals surface area contributed by atoms with Crippen LogP contribution in [0.1, 0.15) is 96.3 Å². The third-order valence-corrected chi connectivity index (χ3v) is 6.36. The maximum Gasteiger partial charge on any atom is 0.126 e. The van der Waals surface area contributed by atoms with E-state index in [2.05, 4.69) is 52.8 Å². The Balaban J connectivity index is 1.83. The Kier molecular flexibility index (Phi) is 8.82. The molecule has 0 spiro atoms. The summed E-state index contributed by atoms with van der Waals surface area (Å²) in [5.74, 6) is 1.38. The molecule has 0 unspecified atom stereocenters. The zero-order chi connectivity index (χ0) is 22.3. The molecule has 0 aliphatic carbocycles. The molecular formula is C28H42O2. The summed E-state index contributed by atoms with van der Waals surface area (Å²) in [7, 11) is 0. The number of phenols is 1. The lowest BCUT2D eigenvalue weighted by atomic mass is 9.86. The number of aryl methyl sites for hydroxylation is 1. The van der Waals surface area contributed by atoms with Gasteiger partial charge in [0.05, 0.1) is 0 Å². The van der Waals surface area contributed by atoms with Crippen LogP contribution < -0.4 is 4.74 Å². The summed E-state index contributed by atoms with van der Waals surface area (Å²) in [5, 5.41) is 10.1. The van der Waals surface area contributed by atoms with Crippen molar-refractivity contribution in [3.8, 4) is 11.5 Å². The molecule has 1 heterocycles. The molecule has 0 saturated carbocycles. The smallest absolute Gasteiger partial charge is 0.126 e. The average Bonchev–Trinajstić information content (AvgIpc) is 2.66. The summed E-state index contributed by atoms with van der Waals surface area (Å²) < 4.78 is 6.48. The van der Waals surface area contributed by atoms with Crippen LogP contribution >= 0.6 is 0 Å². The fourth-order valence-electron chi connectivity index (χ4n) is 4.21. The second kappa shape index (κ2) is 10.9. The first kappa shape index (κ1) is 24.3. The van der Waals surface area contributed by atoms with Crippen molar-refractivity contribution in [3.05, 3.63) is 57.7 Å². The second-order valence-electron chi connectivity index (χ2n) is 9.70. The Morgan fingerprint density at radius 2 is 1.60 bits per heavy atom. The summed E-state index contributed by atoms with van der Waals surface area (Å²) in [4.78, 5) is 0. The Bertz CT molecular complexity index is 822. The van der Waals surface area contributed by atoms with Gasteiger partial charge in [-0.05, 0) is 117 Å². The van der Waals surface area contributed by atoms with E-state index in [0.717, 1.165) is 61.8 Å². The number of phenolic OH excluding ortho intramolecular Hbond substituents is 1. The first-order valence-electron chi connectivity index (χ1n) is 11.6. The molecule has 1 aliphatic rings. The lowest BCUT2D eigenvalue weighted by molar-refractivity contribution is 0.0559. The van der Waals surface area contributed by atoms with Gasteiger partial charge in [-0.2, -0.15) is 0 Å². The van der Waals surface area contributed by atoms with Crippen molar-refractivity contribution < 1.29 is 9.84 Å². The monoisotopic (exact) mass is 410 g/mol. The Hall–Kier alpha value is -1.96. The van der Waals surface area contributed by atoms with Crippen molar-refractivity contribution in [2.75, 3.05) is 0 Å². The fourth-order valence-corrected chi connectivity index (χ4v) is 4.21. The molecule has 0 amide bonds. The van der Waals surface area contributed by atoms with Gasteiger partial charge in [0, 0.05) is 5.56 Å². The highest BCUT2D eigenvalue weighted by atomic mass is 16.5. The lowest BCUT2D eigenvalue weighted by Gasteiger charge is -2.37. The highest BCUT2D eigenvalue weighted by Gasteiger charge is 2.33. The molecule has 2 nitrogen and oxygen atoms in total. The molecule has 1 aromatic carbocycles. The zero-order valence-corrected chi connectivity index (χ0v) is 20.3. The van der Waals surface area contributed by atoms with Crippen molar-refractivity contribution in [1.29, 1.82) is 0 Å². The van der Waals surface area contributed by atoms with E-state index < -0.39 is 0 Å². The van der Waals surface area contributed by atoms with Crippen LogP contribution in [0.2, 0.25) is 0 Å². The number of aromatic hydroxyl groups is 1. The van der Waals surface area contributed by atoms with Crippen LogP contribution in [0.5, 0.6) is 11.5 Å². The maximum atomic E-state index is 10.1. The normalized spacial score (nSPS) is 19.3. The molecule has 1 aromatic rings. The molecule has 1 N–H and O–H groups in total. The molecule has 0 fully saturated rings. The van der Waals surface area contributed by atoms with E-state index in [1.807, 2.05) is 19.9 Å². The van der Waals surface area contributed by atoms with Crippen molar-refractivity contribution in [2.24, 2.45) is 0 Å². The quantitative estimate of drug-likeness (QED) is 0.415. The van der Waals surface area contributed by atoms with E-state index in [-0.39, 0.29) is 5.60 Å². The van der Waals surface area contributed by atoms with Crippen molar-refractivity contribution in [2.45, 2.75) is 105 Å². The molecule has 0 radical (unpaired) electrons. The SMILES string of the molecule is CC(C)=CCC/C(C)=C\CC/C(C)=C\CC[C@]1(C)CCc2c(C)c(O)cc(C)c2O1. The maximum absolute atomic E-state index is 10.1. The Morgan fingerprint density at radius 3 is 2.23 bits per heavy atom. The highest BCUT2D eigenvalue weighted by Crippen LogP contribution is 2.42. The zero-order valence-electron chi connectivity index (χ0n) is 20.3. The number of benzene rings is 1. The van der Waals surface area contributed by atoms with Gasteiger partial charge in [0.2, 0.25) is 0 Å². The molecule has 0 bridgehead atoms. The van der Waals surface area contributed by atoms with Crippen LogP contribution in [-0.2, 0) is 6.42 Å². The van der Waals surface area contributed by atoms with Gasteiger partial charge in [0.15, 0.2) is 0 Å². The minimum Gasteiger partial charge on any atom is -0.508 e. The van der Waals surface area contributed by atoms with Crippen LogP contribution in [-0.4, -0.2) is 10.7 Å². The van der Waals surface area contributed by atoms with Crippen LogP contribution in [0.25, 0.3) is 0 Å². The average molecular weight is 411 g/mol. The molecule has 2 rings (SSSR count). The van der Waals surface area contributed by atoms with Gasteiger partial charge in [-0.25, -0.2) is 0 Å². The van der Waals surface area contributed by atoms with Crippen LogP contribution in [0.15, 0.2) is 41.0 Å². The van der Waals surface area contributed by atoms with Crippen LogP contribution in [0, 0.1) is 13.8 Å². The molecule has 0 aromatic heterocycles. The first-order chi connectivity index (χ1) is 14.1. The number of hydrogen-bond acceptors (Lipinski definition) is 2. The minimum atomic E-state index is -0.126. The summed E-state index contributed by atoms with van der Waals surface area (Å²) in [5.41, 5.74) is 7.45. The topological polar surface area (TPSA) is 29.5 Å². The number of ether oxygens (including phenoxy) is 1. The largest absolute Gasteiger partial charge is 0.508 e. The molecule has 1 aliphatic heterocycles. The minimum absolute atomic E-state index is 0.126. The van der Waals surface area contributed by atoms with Gasteiger partial charge in [0.25, 0.3) is 0 Å². The van der Waals surface area contributed by atoms with E-state index >= 15 is 0 Å². The Morgan fingerprint density at radius 1 is 1.00 bits per heavy atom. The van der Waals surface area contributed by atoms with Gasteiger partial charge in [-0.15, -0.1) is 0 Å². The molecular weight excluding hydrogens is 368 g/mol. The van der Waals surface area contributed by atoms with Gasteiger partial charge >= 0.3 is 0 Å². The predicted molar refractivity (Wildman–Crippen MR) is 130 cm³/mol. The molecule has 166 valence electrons. The van der Waals surface area contributed by atoms with E-state index in [1.165, 1.54) is 28.7 Å². The van der Waals surface area contributed by atoms with Gasteiger partial charge in [-0.3, -0.25) is 0 Å². The Labute approximate surface area is 184 Å². The summed E-state index contributed by atoms with van der Waals surface area (Å²) in [6.45, 7) is 15.1. The van der Waals surface area contributed by atoms with Crippen molar-refractivity contribution in [1.82, 2.24) is 0 Å². The van der Waals surface area contributed by atoms with Crippen molar-refractivity contribution >= 4 is 0 Å². The lowest BCUT2D eigenvalue weighted by Crippen LogP contribution is -2.36. The van der Waals surface area contributed by atoms with E-state index in [1.54, 1.807) is 0 Å². The number of fused-ring (bicyclic) bond motifs is 1. The standard InChI is InChI=1S/C28H42O2/c1-20(2)11-8-12-21(3)13-9-14-22(4)15-10-17-28(7)18-16-25-24(6)26(29)19-23(5)27(25)30-28/h11,13,15,19,29H,8-10,12,14,16-18H2,1-7H3/b21-13-,22-15-/t28-/m1/s1. The van der Waals surface area contributed by atoms with Gasteiger partial charge in [-0.1, -0.05) is 34.9 Å². The van der Waals surface area contributed by atoms with E-state index in [4.69, 9.17) is 4.74 Å². The fraction of sp³-hybridized carbons (Fsp3) is 0.571. The third-order valence-electron chi connectivity index (χ3n) is 6.36. The van der Waals surface area contributed by atoms with Gasteiger partial charge in [0.1, 0.15) is 17.1 Å². The summed E-state index contributed by atoms with van der Waals surface area (Å²) in [6, 6.07) is 1.83. The van der Waals surface area contributed by atoms with Crippen LogP contribution in [0.3, 0.4) is 0 Å². The number of rotatable bonds is 9. The summed E-state index contributed by atoms with van der Waals surface area (Å²) >= 11 is 0. The molecule has 1 atom stereocenters. The molecule has 0 saturated heterocycles. The number of allylic oxidation sites excluding steroid dienone is 6.